The van der Waals surface area contributed by atoms with E-state index >= 15 is 0 Å². The highest BCUT2D eigenvalue weighted by molar-refractivity contribution is 7.91. The first-order valence-corrected chi connectivity index (χ1v) is 11.7. The molecule has 3 fully saturated rings. The molecule has 5 atom stereocenters. The highest BCUT2D eigenvalue weighted by Crippen LogP contribution is 2.40. The Bertz CT molecular complexity index is 794. The van der Waals surface area contributed by atoms with Crippen LogP contribution in [0.5, 0.6) is 0 Å². The van der Waals surface area contributed by atoms with Crippen LogP contribution < -0.4 is 15.8 Å². The minimum absolute atomic E-state index is 0.0124. The molecular weight excluding hydrogens is 385 g/mol. The first kappa shape index (κ1) is 19.9. The van der Waals surface area contributed by atoms with Crippen molar-refractivity contribution in [3.63, 3.8) is 0 Å². The maximum absolute atomic E-state index is 14.5. The minimum atomic E-state index is -2.94. The van der Waals surface area contributed by atoms with Gasteiger partial charge in [-0.05, 0) is 26.7 Å². The van der Waals surface area contributed by atoms with Crippen molar-refractivity contribution in [2.45, 2.75) is 57.2 Å². The standard InChI is InChI=1S/C18H28FN5O3S/c1-11(2)27-16-7-12-14(8-13(16)19)22-23-18(12)15-9-17(21-10-20-15)24-3-5-28(25,26)6-4-24/h9-14,16,18,22-23H,3-8H2,1-2H3. The third-order valence-corrected chi connectivity index (χ3v) is 7.47. The van der Waals surface area contributed by atoms with Crippen LogP contribution >= 0.6 is 0 Å². The van der Waals surface area contributed by atoms with Crippen LogP contribution in [0.4, 0.5) is 10.2 Å². The number of anilines is 1. The molecule has 8 nitrogen and oxygen atoms in total. The van der Waals surface area contributed by atoms with E-state index in [9.17, 15) is 12.8 Å². The normalized spacial score (nSPS) is 35.1. The molecule has 1 saturated carbocycles. The minimum Gasteiger partial charge on any atom is -0.373 e. The van der Waals surface area contributed by atoms with Gasteiger partial charge in [-0.2, -0.15) is 0 Å². The zero-order valence-corrected chi connectivity index (χ0v) is 17.0. The molecule has 3 heterocycles. The average molecular weight is 414 g/mol. The summed E-state index contributed by atoms with van der Waals surface area (Å²) in [5.41, 5.74) is 7.33. The van der Waals surface area contributed by atoms with Gasteiger partial charge in [-0.15, -0.1) is 0 Å². The first-order chi connectivity index (χ1) is 13.3. The van der Waals surface area contributed by atoms with E-state index in [1.807, 2.05) is 24.8 Å². The van der Waals surface area contributed by atoms with Crippen molar-refractivity contribution in [1.82, 2.24) is 20.8 Å². The van der Waals surface area contributed by atoms with Crippen molar-refractivity contribution < 1.29 is 17.5 Å². The number of rotatable bonds is 4. The van der Waals surface area contributed by atoms with E-state index < -0.39 is 22.1 Å². The zero-order chi connectivity index (χ0) is 19.9. The van der Waals surface area contributed by atoms with Crippen molar-refractivity contribution in [2.75, 3.05) is 29.5 Å². The van der Waals surface area contributed by atoms with E-state index in [4.69, 9.17) is 4.74 Å². The number of fused-ring (bicyclic) bond motifs is 1. The third-order valence-electron chi connectivity index (χ3n) is 5.86. The smallest absolute Gasteiger partial charge is 0.153 e. The maximum Gasteiger partial charge on any atom is 0.153 e. The van der Waals surface area contributed by atoms with Gasteiger partial charge in [0.1, 0.15) is 18.3 Å². The van der Waals surface area contributed by atoms with Crippen molar-refractivity contribution >= 4 is 15.7 Å². The molecule has 2 N–H and O–H groups in total. The largest absolute Gasteiger partial charge is 0.373 e. The monoisotopic (exact) mass is 413 g/mol. The summed E-state index contributed by atoms with van der Waals surface area (Å²) in [7, 11) is -2.94. The third kappa shape index (κ3) is 4.14. The van der Waals surface area contributed by atoms with Gasteiger partial charge in [0.05, 0.1) is 35.4 Å². The lowest BCUT2D eigenvalue weighted by atomic mass is 9.78. The number of hydrogen-bond acceptors (Lipinski definition) is 8. The summed E-state index contributed by atoms with van der Waals surface area (Å²) in [5, 5.41) is 0. The number of hydrazine groups is 1. The number of hydrogen-bond donors (Lipinski definition) is 2. The predicted octanol–water partition coefficient (Wildman–Crippen LogP) is 0.771. The molecule has 5 unspecified atom stereocenters. The lowest BCUT2D eigenvalue weighted by Crippen LogP contribution is -2.44. The zero-order valence-electron chi connectivity index (χ0n) is 16.2. The highest BCUT2D eigenvalue weighted by atomic mass is 32.2. The number of halogens is 1. The fourth-order valence-electron chi connectivity index (χ4n) is 4.42. The van der Waals surface area contributed by atoms with Crippen LogP contribution in [-0.4, -0.2) is 67.4 Å². The Kier molecular flexibility index (Phi) is 5.56. The van der Waals surface area contributed by atoms with Gasteiger partial charge in [0.25, 0.3) is 0 Å². The van der Waals surface area contributed by atoms with Gasteiger partial charge in [0.15, 0.2) is 9.84 Å². The number of aromatic nitrogens is 2. The number of sulfone groups is 1. The van der Waals surface area contributed by atoms with Gasteiger partial charge in [0.2, 0.25) is 0 Å². The molecular formula is C18H28FN5O3S. The van der Waals surface area contributed by atoms with E-state index in [0.717, 1.165) is 11.5 Å². The van der Waals surface area contributed by atoms with E-state index in [2.05, 4.69) is 20.8 Å². The predicted molar refractivity (Wildman–Crippen MR) is 103 cm³/mol. The van der Waals surface area contributed by atoms with Gasteiger partial charge in [-0.25, -0.2) is 28.2 Å². The molecule has 10 heteroatoms. The van der Waals surface area contributed by atoms with Crippen molar-refractivity contribution in [3.05, 3.63) is 18.1 Å². The first-order valence-electron chi connectivity index (χ1n) is 9.90. The summed E-state index contributed by atoms with van der Waals surface area (Å²) in [4.78, 5) is 10.8. The Morgan fingerprint density at radius 1 is 1.21 bits per heavy atom. The Morgan fingerprint density at radius 3 is 2.68 bits per heavy atom. The summed E-state index contributed by atoms with van der Waals surface area (Å²) in [5.74, 6) is 1.19. The van der Waals surface area contributed by atoms with Crippen molar-refractivity contribution in [2.24, 2.45) is 5.92 Å². The lowest BCUT2D eigenvalue weighted by molar-refractivity contribution is -0.0708. The number of ether oxygens (including phenoxy) is 1. The Hall–Kier alpha value is -1.36. The second-order valence-electron chi connectivity index (χ2n) is 8.19. The fraction of sp³-hybridized carbons (Fsp3) is 0.778. The van der Waals surface area contributed by atoms with Crippen LogP contribution in [0.2, 0.25) is 0 Å². The molecule has 156 valence electrons. The molecule has 0 spiro atoms. The molecule has 0 bridgehead atoms. The molecule has 2 saturated heterocycles. The van der Waals surface area contributed by atoms with Crippen LogP contribution in [0, 0.1) is 5.92 Å². The molecule has 1 aromatic heterocycles. The molecule has 2 aliphatic heterocycles. The molecule has 3 aliphatic rings. The second kappa shape index (κ2) is 7.81. The summed E-state index contributed by atoms with van der Waals surface area (Å²) < 4.78 is 43.6. The number of nitrogens with one attached hydrogen (secondary N) is 2. The van der Waals surface area contributed by atoms with Gasteiger partial charge in [-0.3, -0.25) is 5.43 Å². The van der Waals surface area contributed by atoms with Crippen molar-refractivity contribution in [3.8, 4) is 0 Å². The van der Waals surface area contributed by atoms with E-state index in [-0.39, 0.29) is 35.6 Å². The van der Waals surface area contributed by atoms with E-state index in [0.29, 0.717) is 25.9 Å². The quantitative estimate of drug-likeness (QED) is 0.747. The molecule has 1 aromatic rings. The van der Waals surface area contributed by atoms with Crippen LogP contribution in [0.3, 0.4) is 0 Å². The summed E-state index contributed by atoms with van der Waals surface area (Å²) in [6.07, 6.45) is 1.16. The Morgan fingerprint density at radius 2 is 1.96 bits per heavy atom. The topological polar surface area (TPSA) is 96.5 Å². The molecule has 0 aromatic carbocycles. The number of alkyl halides is 1. The summed E-state index contributed by atoms with van der Waals surface area (Å²) in [6.45, 7) is 4.73. The van der Waals surface area contributed by atoms with E-state index in [1.165, 1.54) is 6.33 Å². The molecule has 0 amide bonds. The average Bonchev–Trinajstić information content (AvgIpc) is 3.04. The molecule has 4 rings (SSSR count). The lowest BCUT2D eigenvalue weighted by Gasteiger charge is -2.36. The van der Waals surface area contributed by atoms with Crippen LogP contribution in [0.15, 0.2) is 12.4 Å². The highest BCUT2D eigenvalue weighted by Gasteiger charge is 2.46. The van der Waals surface area contributed by atoms with Crippen molar-refractivity contribution in [1.29, 1.82) is 0 Å². The Labute approximate surface area is 165 Å². The summed E-state index contributed by atoms with van der Waals surface area (Å²) in [6, 6.07) is 1.89. The van der Waals surface area contributed by atoms with Gasteiger partial charge in [-0.1, -0.05) is 0 Å². The summed E-state index contributed by atoms with van der Waals surface area (Å²) >= 11 is 0. The second-order valence-corrected chi connectivity index (χ2v) is 10.5. The Balaban J connectivity index is 1.50. The van der Waals surface area contributed by atoms with Gasteiger partial charge < -0.3 is 9.64 Å². The maximum atomic E-state index is 14.5. The van der Waals surface area contributed by atoms with Gasteiger partial charge >= 0.3 is 0 Å². The van der Waals surface area contributed by atoms with Crippen LogP contribution in [0.25, 0.3) is 0 Å². The number of nitrogens with zero attached hydrogens (tertiary/aromatic N) is 3. The van der Waals surface area contributed by atoms with Crippen LogP contribution in [0.1, 0.15) is 38.4 Å². The molecule has 1 aliphatic carbocycles. The van der Waals surface area contributed by atoms with Gasteiger partial charge in [0, 0.05) is 31.1 Å². The fourth-order valence-corrected chi connectivity index (χ4v) is 5.62. The molecule has 0 radical (unpaired) electrons. The molecule has 28 heavy (non-hydrogen) atoms. The SMILES string of the molecule is CC(C)OC1CC2C(CC1F)NNC2c1cc(N2CCS(=O)(=O)CC2)ncn1. The van der Waals surface area contributed by atoms with E-state index in [1.54, 1.807) is 0 Å². The van der Waals surface area contributed by atoms with Crippen LogP contribution in [-0.2, 0) is 14.6 Å².